The van der Waals surface area contributed by atoms with Crippen molar-refractivity contribution in [2.45, 2.75) is 52.8 Å². The van der Waals surface area contributed by atoms with Gasteiger partial charge in [-0.15, -0.1) is 0 Å². The molecule has 0 fully saturated rings. The minimum Gasteiger partial charge on any atom is -0.493 e. The van der Waals surface area contributed by atoms with Crippen LogP contribution in [0.2, 0.25) is 0 Å². The summed E-state index contributed by atoms with van der Waals surface area (Å²) in [6.07, 6.45) is 0.682. The summed E-state index contributed by atoms with van der Waals surface area (Å²) in [6, 6.07) is 9.36. The number of ether oxygens (including phenoxy) is 2. The van der Waals surface area contributed by atoms with Crippen molar-refractivity contribution in [3.05, 3.63) is 42.2 Å². The van der Waals surface area contributed by atoms with Crippen LogP contribution in [0.3, 0.4) is 0 Å². The first kappa shape index (κ1) is 20.5. The molecule has 7 nitrogen and oxygen atoms in total. The number of rotatable bonds is 7. The Bertz CT molecular complexity index is 776. The summed E-state index contributed by atoms with van der Waals surface area (Å²) in [5.74, 6) is -0.655. The van der Waals surface area contributed by atoms with Gasteiger partial charge in [0.1, 0.15) is 0 Å². The van der Waals surface area contributed by atoms with Gasteiger partial charge in [0.05, 0.1) is 19.0 Å². The molecule has 0 bridgehead atoms. The lowest BCUT2D eigenvalue weighted by molar-refractivity contribution is -0.143. The molecule has 0 saturated heterocycles. The van der Waals surface area contributed by atoms with E-state index in [9.17, 15) is 9.59 Å². The number of hydrogen-bond donors (Lipinski definition) is 0. The van der Waals surface area contributed by atoms with E-state index in [2.05, 4.69) is 5.10 Å². The summed E-state index contributed by atoms with van der Waals surface area (Å²) in [6.45, 7) is 9.28. The second-order valence-electron chi connectivity index (χ2n) is 6.81. The van der Waals surface area contributed by atoms with Crippen LogP contribution in [-0.4, -0.2) is 51.9 Å². The summed E-state index contributed by atoms with van der Waals surface area (Å²) in [7, 11) is 1.46. The Morgan fingerprint density at radius 1 is 1.04 bits per heavy atom. The van der Waals surface area contributed by atoms with Gasteiger partial charge in [-0.2, -0.15) is 5.10 Å². The van der Waals surface area contributed by atoms with Crippen molar-refractivity contribution in [1.82, 2.24) is 14.7 Å². The molecule has 1 aromatic heterocycles. The summed E-state index contributed by atoms with van der Waals surface area (Å²) in [5.41, 5.74) is 0.811. The molecule has 0 saturated carbocycles. The lowest BCUT2D eigenvalue weighted by Crippen LogP contribution is -2.47. The van der Waals surface area contributed by atoms with Gasteiger partial charge in [-0.05, 0) is 46.8 Å². The Hall–Kier alpha value is -2.83. The van der Waals surface area contributed by atoms with Crippen LogP contribution < -0.4 is 4.74 Å². The highest BCUT2D eigenvalue weighted by Crippen LogP contribution is 2.21. The standard InChI is InChI=1S/C20H27N3O4/c1-13(2)23(14(3)4)19(24)15(5)27-20(25)18-17(26-6)12-22(21-18)16-10-8-7-9-11-16/h7-15H,1-6H3/t15-/m1/s1. The van der Waals surface area contributed by atoms with Crippen molar-refractivity contribution >= 4 is 11.9 Å². The zero-order valence-corrected chi connectivity index (χ0v) is 16.7. The Morgan fingerprint density at radius 2 is 1.63 bits per heavy atom. The first-order valence-corrected chi connectivity index (χ1v) is 8.98. The first-order valence-electron chi connectivity index (χ1n) is 8.98. The molecule has 7 heteroatoms. The molecule has 146 valence electrons. The minimum atomic E-state index is -0.922. The Labute approximate surface area is 159 Å². The number of methoxy groups -OCH3 is 1. The second-order valence-corrected chi connectivity index (χ2v) is 6.81. The van der Waals surface area contributed by atoms with Gasteiger partial charge in [0, 0.05) is 12.1 Å². The van der Waals surface area contributed by atoms with Crippen LogP contribution in [0.15, 0.2) is 36.5 Å². The third kappa shape index (κ3) is 4.67. The van der Waals surface area contributed by atoms with E-state index in [4.69, 9.17) is 9.47 Å². The van der Waals surface area contributed by atoms with E-state index in [1.165, 1.54) is 11.8 Å². The smallest absolute Gasteiger partial charge is 0.363 e. The fraction of sp³-hybridized carbons (Fsp3) is 0.450. The van der Waals surface area contributed by atoms with E-state index in [-0.39, 0.29) is 29.4 Å². The van der Waals surface area contributed by atoms with E-state index in [0.717, 1.165) is 5.69 Å². The quantitative estimate of drug-likeness (QED) is 0.698. The normalized spacial score (nSPS) is 12.1. The van der Waals surface area contributed by atoms with Gasteiger partial charge in [0.25, 0.3) is 5.91 Å². The fourth-order valence-electron chi connectivity index (χ4n) is 2.94. The molecule has 1 atom stereocenters. The number of aromatic nitrogens is 2. The maximum Gasteiger partial charge on any atom is 0.363 e. The number of para-hydroxylation sites is 1. The van der Waals surface area contributed by atoms with Crippen molar-refractivity contribution in [3.8, 4) is 11.4 Å². The number of hydrogen-bond acceptors (Lipinski definition) is 5. The zero-order chi connectivity index (χ0) is 20.1. The molecule has 2 aromatic rings. The molecule has 1 amide bonds. The Morgan fingerprint density at radius 3 is 2.15 bits per heavy atom. The molecule has 0 aliphatic rings. The van der Waals surface area contributed by atoms with Crippen LogP contribution in [-0.2, 0) is 9.53 Å². The van der Waals surface area contributed by atoms with E-state index in [0.29, 0.717) is 0 Å². The Kier molecular flexibility index (Phi) is 6.60. The summed E-state index contributed by atoms with van der Waals surface area (Å²) >= 11 is 0. The van der Waals surface area contributed by atoms with Crippen LogP contribution in [0.25, 0.3) is 5.69 Å². The number of benzene rings is 1. The number of carbonyl (C=O) groups is 2. The van der Waals surface area contributed by atoms with E-state index in [1.807, 2.05) is 58.0 Å². The highest BCUT2D eigenvalue weighted by molar-refractivity contribution is 5.93. The lowest BCUT2D eigenvalue weighted by Gasteiger charge is -2.32. The number of nitrogens with zero attached hydrogens (tertiary/aromatic N) is 3. The highest BCUT2D eigenvalue weighted by atomic mass is 16.6. The average molecular weight is 373 g/mol. The van der Waals surface area contributed by atoms with Gasteiger partial charge >= 0.3 is 5.97 Å². The molecule has 1 heterocycles. The predicted molar refractivity (Wildman–Crippen MR) is 102 cm³/mol. The maximum atomic E-state index is 12.7. The predicted octanol–water partition coefficient (Wildman–Crippen LogP) is 3.07. The molecule has 0 spiro atoms. The third-order valence-electron chi connectivity index (χ3n) is 4.11. The zero-order valence-electron chi connectivity index (χ0n) is 16.7. The van der Waals surface area contributed by atoms with E-state index in [1.54, 1.807) is 18.0 Å². The van der Waals surface area contributed by atoms with Crippen molar-refractivity contribution < 1.29 is 19.1 Å². The molecule has 27 heavy (non-hydrogen) atoms. The Balaban J connectivity index is 2.20. The van der Waals surface area contributed by atoms with Crippen molar-refractivity contribution in [3.63, 3.8) is 0 Å². The van der Waals surface area contributed by atoms with Crippen LogP contribution in [0.1, 0.15) is 45.1 Å². The molecular formula is C20H27N3O4. The summed E-state index contributed by atoms with van der Waals surface area (Å²) in [4.78, 5) is 27.0. The van der Waals surface area contributed by atoms with Crippen molar-refractivity contribution in [2.75, 3.05) is 7.11 Å². The van der Waals surface area contributed by atoms with Crippen molar-refractivity contribution in [1.29, 1.82) is 0 Å². The highest BCUT2D eigenvalue weighted by Gasteiger charge is 2.30. The van der Waals surface area contributed by atoms with Crippen LogP contribution in [0.4, 0.5) is 0 Å². The molecule has 0 aliphatic carbocycles. The monoisotopic (exact) mass is 373 g/mol. The van der Waals surface area contributed by atoms with Crippen LogP contribution in [0, 0.1) is 0 Å². The topological polar surface area (TPSA) is 73.7 Å². The molecule has 0 aliphatic heterocycles. The molecule has 2 rings (SSSR count). The number of esters is 1. The van der Waals surface area contributed by atoms with E-state index < -0.39 is 12.1 Å². The van der Waals surface area contributed by atoms with Gasteiger partial charge in [0.15, 0.2) is 11.9 Å². The summed E-state index contributed by atoms with van der Waals surface area (Å²) in [5, 5.41) is 4.27. The summed E-state index contributed by atoms with van der Waals surface area (Å²) < 4.78 is 12.2. The number of carbonyl (C=O) groups excluding carboxylic acids is 2. The van der Waals surface area contributed by atoms with Gasteiger partial charge in [0.2, 0.25) is 5.69 Å². The van der Waals surface area contributed by atoms with E-state index >= 15 is 0 Å². The molecule has 0 N–H and O–H groups in total. The largest absolute Gasteiger partial charge is 0.493 e. The van der Waals surface area contributed by atoms with Gasteiger partial charge in [-0.3, -0.25) is 4.79 Å². The average Bonchev–Trinajstić information content (AvgIpc) is 3.06. The molecule has 0 unspecified atom stereocenters. The van der Waals surface area contributed by atoms with Crippen LogP contribution in [0.5, 0.6) is 5.75 Å². The maximum absolute atomic E-state index is 12.7. The molecule has 0 radical (unpaired) electrons. The number of amides is 1. The SMILES string of the molecule is COc1cn(-c2ccccc2)nc1C(=O)O[C@H](C)C(=O)N(C(C)C)C(C)C. The minimum absolute atomic E-state index is 0.00507. The van der Waals surface area contributed by atoms with Crippen LogP contribution >= 0.6 is 0 Å². The fourth-order valence-corrected chi connectivity index (χ4v) is 2.94. The first-order chi connectivity index (χ1) is 12.8. The molecule has 1 aromatic carbocycles. The van der Waals surface area contributed by atoms with Crippen molar-refractivity contribution in [2.24, 2.45) is 0 Å². The van der Waals surface area contributed by atoms with Gasteiger partial charge in [-0.25, -0.2) is 9.48 Å². The molecular weight excluding hydrogens is 346 g/mol. The lowest BCUT2D eigenvalue weighted by atomic mass is 10.2. The second kappa shape index (κ2) is 8.70. The third-order valence-corrected chi connectivity index (χ3v) is 4.11. The van der Waals surface area contributed by atoms with Gasteiger partial charge in [-0.1, -0.05) is 18.2 Å². The van der Waals surface area contributed by atoms with Gasteiger partial charge < -0.3 is 14.4 Å².